The van der Waals surface area contributed by atoms with Crippen molar-refractivity contribution in [1.82, 2.24) is 10.2 Å². The molecule has 19 heavy (non-hydrogen) atoms. The minimum atomic E-state index is -0.650. The molecule has 106 valence electrons. The molecule has 0 heterocycles. The van der Waals surface area contributed by atoms with Crippen LogP contribution in [0.4, 0.5) is 0 Å². The number of carbonyl (C=O) groups is 1. The average Bonchev–Trinajstić information content (AvgIpc) is 2.42. The summed E-state index contributed by atoms with van der Waals surface area (Å²) in [4.78, 5) is 13.8. The van der Waals surface area contributed by atoms with Gasteiger partial charge in [-0.2, -0.15) is 0 Å². The van der Waals surface area contributed by atoms with Gasteiger partial charge < -0.3 is 15.0 Å². The van der Waals surface area contributed by atoms with Crippen LogP contribution in [0.15, 0.2) is 30.3 Å². The SMILES string of the molecule is CN(C)CCOCCNC(=O)C(Cl)c1ccccc1. The highest BCUT2D eigenvalue weighted by Crippen LogP contribution is 2.19. The molecule has 1 unspecified atom stereocenters. The molecular weight excluding hydrogens is 264 g/mol. The summed E-state index contributed by atoms with van der Waals surface area (Å²) in [5, 5.41) is 2.11. The van der Waals surface area contributed by atoms with Gasteiger partial charge in [-0.1, -0.05) is 30.3 Å². The van der Waals surface area contributed by atoms with Gasteiger partial charge in [-0.3, -0.25) is 4.79 Å². The monoisotopic (exact) mass is 284 g/mol. The number of ether oxygens (including phenoxy) is 1. The van der Waals surface area contributed by atoms with Gasteiger partial charge in [-0.25, -0.2) is 0 Å². The highest BCUT2D eigenvalue weighted by atomic mass is 35.5. The number of alkyl halides is 1. The quantitative estimate of drug-likeness (QED) is 0.583. The van der Waals surface area contributed by atoms with Crippen LogP contribution in [-0.4, -0.2) is 51.2 Å². The van der Waals surface area contributed by atoms with Gasteiger partial charge in [0.25, 0.3) is 0 Å². The van der Waals surface area contributed by atoms with Crippen molar-refractivity contribution in [1.29, 1.82) is 0 Å². The molecule has 5 heteroatoms. The van der Waals surface area contributed by atoms with Gasteiger partial charge in [-0.15, -0.1) is 11.6 Å². The van der Waals surface area contributed by atoms with Gasteiger partial charge >= 0.3 is 0 Å². The van der Waals surface area contributed by atoms with Gasteiger partial charge in [0, 0.05) is 13.1 Å². The number of nitrogens with one attached hydrogen (secondary N) is 1. The summed E-state index contributed by atoms with van der Waals surface area (Å²) in [5.74, 6) is -0.191. The Balaban J connectivity index is 2.17. The van der Waals surface area contributed by atoms with Crippen molar-refractivity contribution in [2.75, 3.05) is 40.4 Å². The first kappa shape index (κ1) is 16.0. The normalized spacial score (nSPS) is 12.4. The lowest BCUT2D eigenvalue weighted by Crippen LogP contribution is -2.30. The van der Waals surface area contributed by atoms with Crippen LogP contribution in [0.2, 0.25) is 0 Å². The summed E-state index contributed by atoms with van der Waals surface area (Å²) < 4.78 is 5.38. The average molecular weight is 285 g/mol. The number of hydrogen-bond donors (Lipinski definition) is 1. The second-order valence-electron chi connectivity index (χ2n) is 4.48. The van der Waals surface area contributed by atoms with Crippen LogP contribution in [0, 0.1) is 0 Å². The third kappa shape index (κ3) is 6.57. The third-order valence-corrected chi connectivity index (χ3v) is 3.00. The topological polar surface area (TPSA) is 41.6 Å². The van der Waals surface area contributed by atoms with Crippen molar-refractivity contribution < 1.29 is 9.53 Å². The predicted molar refractivity (Wildman–Crippen MR) is 77.4 cm³/mol. The second kappa shape index (κ2) is 8.91. The Morgan fingerprint density at radius 1 is 1.32 bits per heavy atom. The number of halogens is 1. The van der Waals surface area contributed by atoms with Gasteiger partial charge in [-0.05, 0) is 19.7 Å². The lowest BCUT2D eigenvalue weighted by molar-refractivity contribution is -0.121. The van der Waals surface area contributed by atoms with E-state index >= 15 is 0 Å². The van der Waals surface area contributed by atoms with E-state index in [-0.39, 0.29) is 5.91 Å². The number of carbonyl (C=O) groups excluding carboxylic acids is 1. The first-order valence-corrected chi connectivity index (χ1v) is 6.74. The zero-order valence-corrected chi connectivity index (χ0v) is 12.2. The lowest BCUT2D eigenvalue weighted by Gasteiger charge is -2.12. The van der Waals surface area contributed by atoms with E-state index in [2.05, 4.69) is 5.32 Å². The van der Waals surface area contributed by atoms with E-state index < -0.39 is 5.38 Å². The van der Waals surface area contributed by atoms with Crippen molar-refractivity contribution in [3.63, 3.8) is 0 Å². The van der Waals surface area contributed by atoms with Crippen LogP contribution < -0.4 is 5.32 Å². The van der Waals surface area contributed by atoms with E-state index in [1.807, 2.05) is 49.3 Å². The largest absolute Gasteiger partial charge is 0.378 e. The Morgan fingerprint density at radius 2 is 2.00 bits per heavy atom. The first-order chi connectivity index (χ1) is 9.11. The Labute approximate surface area is 119 Å². The summed E-state index contributed by atoms with van der Waals surface area (Å²) in [6, 6.07) is 9.30. The molecule has 1 aromatic rings. The standard InChI is InChI=1S/C14H21ClN2O2/c1-17(2)9-11-19-10-8-16-14(18)13(15)12-6-4-3-5-7-12/h3-7,13H,8-11H2,1-2H3,(H,16,18). The number of likely N-dealkylation sites (N-methyl/N-ethyl adjacent to an activating group) is 1. The Kier molecular flexibility index (Phi) is 7.48. The predicted octanol–water partition coefficient (Wildman–Crippen LogP) is 1.66. The molecule has 1 N–H and O–H groups in total. The van der Waals surface area contributed by atoms with Gasteiger partial charge in [0.1, 0.15) is 5.38 Å². The third-order valence-electron chi connectivity index (χ3n) is 2.55. The van der Waals surface area contributed by atoms with Crippen LogP contribution in [0.3, 0.4) is 0 Å². The summed E-state index contributed by atoms with van der Waals surface area (Å²) in [6.07, 6.45) is 0. The van der Waals surface area contributed by atoms with E-state index in [0.717, 1.165) is 12.1 Å². The molecule has 0 saturated heterocycles. The molecule has 0 aromatic heterocycles. The first-order valence-electron chi connectivity index (χ1n) is 6.30. The fourth-order valence-corrected chi connectivity index (χ4v) is 1.68. The maximum Gasteiger partial charge on any atom is 0.242 e. The maximum atomic E-state index is 11.8. The molecular formula is C14H21ClN2O2. The second-order valence-corrected chi connectivity index (χ2v) is 4.92. The Morgan fingerprint density at radius 3 is 2.63 bits per heavy atom. The molecule has 1 rings (SSSR count). The van der Waals surface area contributed by atoms with Crippen LogP contribution in [0.5, 0.6) is 0 Å². The van der Waals surface area contributed by atoms with Crippen molar-refractivity contribution in [3.8, 4) is 0 Å². The number of benzene rings is 1. The van der Waals surface area contributed by atoms with E-state index in [0.29, 0.717) is 19.8 Å². The van der Waals surface area contributed by atoms with Crippen molar-refractivity contribution in [3.05, 3.63) is 35.9 Å². The van der Waals surface area contributed by atoms with Crippen LogP contribution in [-0.2, 0) is 9.53 Å². The Bertz CT molecular complexity index is 371. The summed E-state index contributed by atoms with van der Waals surface area (Å²) in [6.45, 7) is 2.50. The van der Waals surface area contributed by atoms with Crippen LogP contribution in [0.1, 0.15) is 10.9 Å². The van der Waals surface area contributed by atoms with Crippen molar-refractivity contribution in [2.24, 2.45) is 0 Å². The van der Waals surface area contributed by atoms with Gasteiger partial charge in [0.05, 0.1) is 13.2 Å². The molecule has 0 spiro atoms. The molecule has 1 aromatic carbocycles. The number of amides is 1. The minimum Gasteiger partial charge on any atom is -0.378 e. The summed E-state index contributed by atoms with van der Waals surface area (Å²) in [5.41, 5.74) is 0.801. The molecule has 0 aliphatic rings. The molecule has 0 aliphatic heterocycles. The molecule has 1 amide bonds. The highest BCUT2D eigenvalue weighted by molar-refractivity contribution is 6.30. The van der Waals surface area contributed by atoms with E-state index in [1.54, 1.807) is 0 Å². The fraction of sp³-hybridized carbons (Fsp3) is 0.500. The maximum absolute atomic E-state index is 11.8. The van der Waals surface area contributed by atoms with Crippen LogP contribution in [0.25, 0.3) is 0 Å². The van der Waals surface area contributed by atoms with Crippen molar-refractivity contribution in [2.45, 2.75) is 5.38 Å². The zero-order chi connectivity index (χ0) is 14.1. The smallest absolute Gasteiger partial charge is 0.242 e. The lowest BCUT2D eigenvalue weighted by atomic mass is 10.1. The number of hydrogen-bond acceptors (Lipinski definition) is 3. The molecule has 1 atom stereocenters. The highest BCUT2D eigenvalue weighted by Gasteiger charge is 2.16. The molecule has 0 aliphatic carbocycles. The Hall–Kier alpha value is -1.10. The summed E-state index contributed by atoms with van der Waals surface area (Å²) >= 11 is 6.08. The van der Waals surface area contributed by atoms with E-state index in [1.165, 1.54) is 0 Å². The van der Waals surface area contributed by atoms with Gasteiger partial charge in [0.15, 0.2) is 0 Å². The summed E-state index contributed by atoms with van der Waals surface area (Å²) in [7, 11) is 3.98. The van der Waals surface area contributed by atoms with Crippen molar-refractivity contribution >= 4 is 17.5 Å². The fourth-order valence-electron chi connectivity index (χ4n) is 1.46. The minimum absolute atomic E-state index is 0.191. The van der Waals surface area contributed by atoms with E-state index in [9.17, 15) is 4.79 Å². The zero-order valence-electron chi connectivity index (χ0n) is 11.4. The molecule has 0 radical (unpaired) electrons. The molecule has 0 fully saturated rings. The molecule has 0 saturated carbocycles. The number of nitrogens with zero attached hydrogens (tertiary/aromatic N) is 1. The van der Waals surface area contributed by atoms with Crippen LogP contribution >= 0.6 is 11.6 Å². The molecule has 0 bridgehead atoms. The van der Waals surface area contributed by atoms with Gasteiger partial charge in [0.2, 0.25) is 5.91 Å². The van der Waals surface area contributed by atoms with E-state index in [4.69, 9.17) is 16.3 Å². The number of rotatable bonds is 8. The molecule has 4 nitrogen and oxygen atoms in total.